The first-order chi connectivity index (χ1) is 13.9. The predicted octanol–water partition coefficient (Wildman–Crippen LogP) is 1.89. The number of benzene rings is 2. The third kappa shape index (κ3) is 4.19. The van der Waals surface area contributed by atoms with Crippen molar-refractivity contribution in [3.8, 4) is 16.9 Å². The van der Waals surface area contributed by atoms with Gasteiger partial charge in [0.15, 0.2) is 0 Å². The van der Waals surface area contributed by atoms with Crippen molar-refractivity contribution >= 4 is 29.2 Å². The summed E-state index contributed by atoms with van der Waals surface area (Å²) in [6, 6.07) is 10.9. The highest BCUT2D eigenvalue weighted by Gasteiger charge is 2.27. The number of fused-ring (bicyclic) bond motifs is 1. The Labute approximate surface area is 169 Å². The van der Waals surface area contributed by atoms with Crippen molar-refractivity contribution in [2.24, 2.45) is 0 Å². The fourth-order valence-corrected chi connectivity index (χ4v) is 3.91. The molecule has 1 unspecified atom stereocenters. The Morgan fingerprint density at radius 3 is 2.59 bits per heavy atom. The van der Waals surface area contributed by atoms with Crippen LogP contribution >= 0.6 is 0 Å². The first-order valence-electron chi connectivity index (χ1n) is 9.74. The molecular formula is C21H24BN3O4. The van der Waals surface area contributed by atoms with Crippen molar-refractivity contribution in [2.75, 3.05) is 5.73 Å². The number of hydrogen-bond donors (Lipinski definition) is 3. The molecule has 1 fully saturated rings. The van der Waals surface area contributed by atoms with Crippen LogP contribution in [0.4, 0.5) is 5.69 Å². The van der Waals surface area contributed by atoms with Gasteiger partial charge in [0, 0.05) is 23.8 Å². The van der Waals surface area contributed by atoms with Crippen molar-refractivity contribution in [3.05, 3.63) is 42.6 Å². The van der Waals surface area contributed by atoms with E-state index in [4.69, 9.17) is 15.2 Å². The second kappa shape index (κ2) is 7.98. The quantitative estimate of drug-likeness (QED) is 0.581. The maximum absolute atomic E-state index is 9.64. The number of hydrogen-bond acceptors (Lipinski definition) is 7. The summed E-state index contributed by atoms with van der Waals surface area (Å²) < 4.78 is 12.2. The molecule has 0 bridgehead atoms. The van der Waals surface area contributed by atoms with Crippen LogP contribution in [0.1, 0.15) is 26.7 Å². The highest BCUT2D eigenvalue weighted by Crippen LogP contribution is 2.34. The lowest BCUT2D eigenvalue weighted by molar-refractivity contribution is -0.0720. The summed E-state index contributed by atoms with van der Waals surface area (Å²) in [5, 5.41) is 28.2. The van der Waals surface area contributed by atoms with Crippen molar-refractivity contribution in [1.82, 2.24) is 10.2 Å². The third-order valence-corrected chi connectivity index (χ3v) is 5.23. The number of nitrogens with two attached hydrogens (primary N) is 1. The van der Waals surface area contributed by atoms with E-state index < -0.39 is 7.12 Å². The number of nitrogens with zero attached hydrogens (tertiary/aromatic N) is 2. The maximum Gasteiger partial charge on any atom is 0.488 e. The second-order valence-corrected chi connectivity index (χ2v) is 7.63. The van der Waals surface area contributed by atoms with Gasteiger partial charge in [0.25, 0.3) is 0 Å². The van der Waals surface area contributed by atoms with E-state index in [2.05, 4.69) is 10.2 Å². The Balaban J connectivity index is 1.75. The smallest absolute Gasteiger partial charge is 0.488 e. The van der Waals surface area contributed by atoms with Crippen LogP contribution in [0, 0.1) is 0 Å². The van der Waals surface area contributed by atoms with Gasteiger partial charge in [-0.2, -0.15) is 10.2 Å². The second-order valence-electron chi connectivity index (χ2n) is 7.63. The number of anilines is 1. The highest BCUT2D eigenvalue weighted by atomic mass is 16.5. The van der Waals surface area contributed by atoms with Crippen LogP contribution in [0.15, 0.2) is 42.6 Å². The lowest BCUT2D eigenvalue weighted by Crippen LogP contribution is -2.36. The fourth-order valence-electron chi connectivity index (χ4n) is 3.91. The predicted molar refractivity (Wildman–Crippen MR) is 113 cm³/mol. The zero-order valence-corrected chi connectivity index (χ0v) is 16.4. The molecule has 2 heterocycles. The number of nitrogen functional groups attached to an aromatic ring is 1. The summed E-state index contributed by atoms with van der Waals surface area (Å²) in [5.41, 5.74) is 9.19. The Bertz CT molecular complexity index is 1020. The lowest BCUT2D eigenvalue weighted by atomic mass is 9.79. The van der Waals surface area contributed by atoms with Crippen LogP contribution in [0.5, 0.6) is 5.75 Å². The normalized spacial score (nSPS) is 21.9. The molecule has 150 valence electrons. The van der Waals surface area contributed by atoms with Crippen LogP contribution in [0.3, 0.4) is 0 Å². The maximum atomic E-state index is 9.64. The van der Waals surface area contributed by atoms with Crippen molar-refractivity contribution in [2.45, 2.75) is 45.0 Å². The van der Waals surface area contributed by atoms with E-state index in [1.807, 2.05) is 32.0 Å². The SMILES string of the molecule is C[C@@H]1CC(Oc2ccc(B(O)O)cc2-c2ccc3c(N)cnnc3c2)C[C@H](C)O1. The van der Waals surface area contributed by atoms with Crippen molar-refractivity contribution in [1.29, 1.82) is 0 Å². The van der Waals surface area contributed by atoms with Gasteiger partial charge in [0.1, 0.15) is 11.9 Å². The van der Waals surface area contributed by atoms with Gasteiger partial charge in [-0.3, -0.25) is 0 Å². The number of aromatic nitrogens is 2. The van der Waals surface area contributed by atoms with E-state index in [9.17, 15) is 10.0 Å². The van der Waals surface area contributed by atoms with Crippen LogP contribution < -0.4 is 15.9 Å². The standard InChI is InChI=1S/C21H24BN3O4/c1-12-7-16(8-13(2)28-12)29-21-6-4-15(22(26)27)10-18(21)14-3-5-17-19(23)11-24-25-20(17)9-14/h3-6,9-13,16,26-27H,7-8H2,1-2H3,(H2,23,25)/t12-,13+,16?. The minimum absolute atomic E-state index is 0.0216. The van der Waals surface area contributed by atoms with E-state index in [1.165, 1.54) is 6.20 Å². The van der Waals surface area contributed by atoms with Crippen LogP contribution in [0.2, 0.25) is 0 Å². The number of ether oxygens (including phenoxy) is 2. The van der Waals surface area contributed by atoms with E-state index in [0.717, 1.165) is 29.4 Å². The molecule has 8 heteroatoms. The molecule has 0 aliphatic carbocycles. The molecule has 3 aromatic rings. The lowest BCUT2D eigenvalue weighted by Gasteiger charge is -2.32. The van der Waals surface area contributed by atoms with Gasteiger partial charge < -0.3 is 25.3 Å². The highest BCUT2D eigenvalue weighted by molar-refractivity contribution is 6.58. The minimum Gasteiger partial charge on any atom is -0.490 e. The summed E-state index contributed by atoms with van der Waals surface area (Å²) in [5.74, 6) is 0.678. The molecule has 1 aromatic heterocycles. The molecule has 1 saturated heterocycles. The van der Waals surface area contributed by atoms with Gasteiger partial charge in [-0.1, -0.05) is 18.2 Å². The summed E-state index contributed by atoms with van der Waals surface area (Å²) >= 11 is 0. The molecule has 1 aliphatic heterocycles. The molecule has 0 amide bonds. The first-order valence-corrected chi connectivity index (χ1v) is 9.74. The molecule has 1 aliphatic rings. The molecular weight excluding hydrogens is 369 g/mol. The zero-order chi connectivity index (χ0) is 20.5. The van der Waals surface area contributed by atoms with Gasteiger partial charge in [-0.05, 0) is 43.1 Å². The Morgan fingerprint density at radius 2 is 1.86 bits per heavy atom. The minimum atomic E-state index is -1.57. The largest absolute Gasteiger partial charge is 0.490 e. The topological polar surface area (TPSA) is 111 Å². The van der Waals surface area contributed by atoms with Gasteiger partial charge in [-0.15, -0.1) is 0 Å². The summed E-state index contributed by atoms with van der Waals surface area (Å²) in [4.78, 5) is 0. The van der Waals surface area contributed by atoms with Gasteiger partial charge in [-0.25, -0.2) is 0 Å². The average Bonchev–Trinajstić information content (AvgIpc) is 2.67. The van der Waals surface area contributed by atoms with E-state index in [0.29, 0.717) is 22.4 Å². The van der Waals surface area contributed by atoms with E-state index in [-0.39, 0.29) is 18.3 Å². The van der Waals surface area contributed by atoms with E-state index >= 15 is 0 Å². The van der Waals surface area contributed by atoms with Crippen molar-refractivity contribution in [3.63, 3.8) is 0 Å². The van der Waals surface area contributed by atoms with Gasteiger partial charge >= 0.3 is 7.12 Å². The monoisotopic (exact) mass is 393 g/mol. The number of rotatable bonds is 4. The van der Waals surface area contributed by atoms with Crippen molar-refractivity contribution < 1.29 is 19.5 Å². The molecule has 0 radical (unpaired) electrons. The Morgan fingerprint density at radius 1 is 1.10 bits per heavy atom. The summed E-state index contributed by atoms with van der Waals surface area (Å²) in [6.45, 7) is 4.09. The molecule has 3 atom stereocenters. The fraction of sp³-hybridized carbons (Fsp3) is 0.333. The zero-order valence-electron chi connectivity index (χ0n) is 16.4. The molecule has 4 rings (SSSR count). The summed E-state index contributed by atoms with van der Waals surface area (Å²) in [7, 11) is -1.57. The average molecular weight is 393 g/mol. The Kier molecular flexibility index (Phi) is 5.40. The van der Waals surface area contributed by atoms with Gasteiger partial charge in [0.05, 0.1) is 29.6 Å². The molecule has 29 heavy (non-hydrogen) atoms. The summed E-state index contributed by atoms with van der Waals surface area (Å²) in [6.07, 6.45) is 3.40. The molecule has 4 N–H and O–H groups in total. The molecule has 0 saturated carbocycles. The first kappa shape index (κ1) is 19.6. The Hall–Kier alpha value is -2.68. The molecule has 7 nitrogen and oxygen atoms in total. The van der Waals surface area contributed by atoms with Crippen LogP contribution in [-0.4, -0.2) is 45.7 Å². The van der Waals surface area contributed by atoms with E-state index in [1.54, 1.807) is 18.2 Å². The molecule has 2 aromatic carbocycles. The van der Waals surface area contributed by atoms with Crippen LogP contribution in [0.25, 0.3) is 22.0 Å². The molecule has 0 spiro atoms. The van der Waals surface area contributed by atoms with Crippen LogP contribution in [-0.2, 0) is 4.74 Å². The third-order valence-electron chi connectivity index (χ3n) is 5.23. The van der Waals surface area contributed by atoms with Gasteiger partial charge in [0.2, 0.25) is 0 Å².